The average Bonchev–Trinajstić information content (AvgIpc) is 2.95. The first-order chi connectivity index (χ1) is 14.2. The number of ether oxygens (including phenoxy) is 1. The van der Waals surface area contributed by atoms with Gasteiger partial charge in [-0.1, -0.05) is 13.0 Å². The molecule has 1 fully saturated rings. The molecule has 1 aliphatic heterocycles. The maximum atomic E-state index is 13.8. The van der Waals surface area contributed by atoms with Crippen LogP contribution in [0.3, 0.4) is 0 Å². The number of halogens is 2. The van der Waals surface area contributed by atoms with Crippen molar-refractivity contribution in [2.75, 3.05) is 19.0 Å². The average molecular weight is 417 g/mol. The van der Waals surface area contributed by atoms with Crippen LogP contribution in [-0.2, 0) is 15.1 Å². The molecule has 0 aliphatic carbocycles. The summed E-state index contributed by atoms with van der Waals surface area (Å²) in [5.74, 6) is -2.49. The van der Waals surface area contributed by atoms with Crippen LogP contribution in [-0.4, -0.2) is 36.4 Å². The van der Waals surface area contributed by atoms with E-state index in [1.54, 1.807) is 25.1 Å². The van der Waals surface area contributed by atoms with E-state index < -0.39 is 41.6 Å². The van der Waals surface area contributed by atoms with Crippen LogP contribution in [0.2, 0.25) is 0 Å². The van der Waals surface area contributed by atoms with Crippen LogP contribution in [0.15, 0.2) is 36.4 Å². The Bertz CT molecular complexity index is 1030. The van der Waals surface area contributed by atoms with Crippen molar-refractivity contribution in [2.45, 2.75) is 25.8 Å². The number of nitrogens with one attached hydrogen (secondary N) is 2. The van der Waals surface area contributed by atoms with E-state index in [0.717, 1.165) is 22.6 Å². The number of methoxy groups -OCH3 is 1. The predicted molar refractivity (Wildman–Crippen MR) is 105 cm³/mol. The molecule has 2 aromatic rings. The number of imide groups is 1. The zero-order chi connectivity index (χ0) is 22.1. The summed E-state index contributed by atoms with van der Waals surface area (Å²) in [4.78, 5) is 38.7. The molecule has 0 saturated carbocycles. The number of nitrogens with zero attached hydrogens (tertiary/aromatic N) is 1. The molecule has 1 unspecified atom stereocenters. The molecule has 4 amide bonds. The Labute approximate surface area is 172 Å². The zero-order valence-electron chi connectivity index (χ0n) is 16.7. The van der Waals surface area contributed by atoms with E-state index in [1.165, 1.54) is 7.11 Å². The maximum absolute atomic E-state index is 13.8. The number of rotatable bonds is 6. The molecule has 0 radical (unpaired) electrons. The number of aryl methyl sites for hydroxylation is 1. The fourth-order valence-electron chi connectivity index (χ4n) is 3.48. The third kappa shape index (κ3) is 3.70. The van der Waals surface area contributed by atoms with E-state index in [9.17, 15) is 23.2 Å². The molecule has 2 aromatic carbocycles. The van der Waals surface area contributed by atoms with E-state index in [0.29, 0.717) is 17.4 Å². The predicted octanol–water partition coefficient (Wildman–Crippen LogP) is 3.08. The summed E-state index contributed by atoms with van der Waals surface area (Å²) in [6.45, 7) is 2.95. The van der Waals surface area contributed by atoms with Crippen LogP contribution < -0.4 is 15.4 Å². The molecule has 0 aromatic heterocycles. The van der Waals surface area contributed by atoms with Gasteiger partial charge in [0.15, 0.2) is 0 Å². The molecule has 7 nitrogen and oxygen atoms in total. The first-order valence-corrected chi connectivity index (χ1v) is 9.26. The van der Waals surface area contributed by atoms with Crippen LogP contribution in [0.1, 0.15) is 24.5 Å². The molecule has 158 valence electrons. The summed E-state index contributed by atoms with van der Waals surface area (Å²) in [6, 6.07) is 7.07. The molecule has 1 atom stereocenters. The van der Waals surface area contributed by atoms with Crippen LogP contribution in [0.25, 0.3) is 0 Å². The first kappa shape index (κ1) is 21.2. The van der Waals surface area contributed by atoms with Crippen molar-refractivity contribution in [3.8, 4) is 5.75 Å². The summed E-state index contributed by atoms with van der Waals surface area (Å²) in [7, 11) is 1.53. The summed E-state index contributed by atoms with van der Waals surface area (Å²) < 4.78 is 32.0. The highest BCUT2D eigenvalue weighted by molar-refractivity contribution is 6.10. The Hall–Kier alpha value is -3.49. The monoisotopic (exact) mass is 417 g/mol. The summed E-state index contributed by atoms with van der Waals surface area (Å²) in [5, 5.41) is 4.92. The van der Waals surface area contributed by atoms with Crippen molar-refractivity contribution in [2.24, 2.45) is 0 Å². The topological polar surface area (TPSA) is 87.7 Å². The van der Waals surface area contributed by atoms with Crippen molar-refractivity contribution >= 4 is 23.5 Å². The first-order valence-electron chi connectivity index (χ1n) is 9.26. The van der Waals surface area contributed by atoms with Gasteiger partial charge in [0.05, 0.1) is 12.8 Å². The summed E-state index contributed by atoms with van der Waals surface area (Å²) >= 11 is 0. The molecule has 2 N–H and O–H groups in total. The minimum Gasteiger partial charge on any atom is -0.496 e. The highest BCUT2D eigenvalue weighted by atomic mass is 19.1. The number of hydrogen-bond donors (Lipinski definition) is 2. The summed E-state index contributed by atoms with van der Waals surface area (Å²) in [6.07, 6.45) is 0.258. The minimum atomic E-state index is -1.32. The molecule has 9 heteroatoms. The van der Waals surface area contributed by atoms with Gasteiger partial charge in [0.25, 0.3) is 5.91 Å². The fraction of sp³-hybridized carbons (Fsp3) is 0.286. The van der Waals surface area contributed by atoms with Crippen molar-refractivity contribution in [1.29, 1.82) is 0 Å². The van der Waals surface area contributed by atoms with Gasteiger partial charge in [-0.3, -0.25) is 14.5 Å². The lowest BCUT2D eigenvalue weighted by atomic mass is 9.86. The van der Waals surface area contributed by atoms with E-state index >= 15 is 0 Å². The van der Waals surface area contributed by atoms with E-state index in [-0.39, 0.29) is 12.1 Å². The third-order valence-corrected chi connectivity index (χ3v) is 5.10. The molecule has 1 aliphatic rings. The van der Waals surface area contributed by atoms with Crippen molar-refractivity contribution in [3.63, 3.8) is 0 Å². The Balaban J connectivity index is 1.82. The van der Waals surface area contributed by atoms with Gasteiger partial charge in [-0.25, -0.2) is 13.6 Å². The van der Waals surface area contributed by atoms with Gasteiger partial charge >= 0.3 is 6.03 Å². The van der Waals surface area contributed by atoms with Crippen molar-refractivity contribution < 1.29 is 27.9 Å². The second-order valence-electron chi connectivity index (χ2n) is 6.94. The lowest BCUT2D eigenvalue weighted by Gasteiger charge is -2.26. The van der Waals surface area contributed by atoms with Gasteiger partial charge in [0.1, 0.15) is 29.5 Å². The van der Waals surface area contributed by atoms with Gasteiger partial charge in [0, 0.05) is 6.07 Å². The highest BCUT2D eigenvalue weighted by Gasteiger charge is 2.51. The third-order valence-electron chi connectivity index (χ3n) is 5.10. The molecule has 30 heavy (non-hydrogen) atoms. The quantitative estimate of drug-likeness (QED) is 0.707. The number of urea groups is 1. The van der Waals surface area contributed by atoms with Crippen LogP contribution >= 0.6 is 0 Å². The summed E-state index contributed by atoms with van der Waals surface area (Å²) in [5.41, 5.74) is -0.224. The number of carbonyl (C=O) groups is 3. The highest BCUT2D eigenvalue weighted by Crippen LogP contribution is 2.34. The second-order valence-corrected chi connectivity index (χ2v) is 6.94. The van der Waals surface area contributed by atoms with Gasteiger partial charge < -0.3 is 15.4 Å². The van der Waals surface area contributed by atoms with E-state index in [1.807, 2.05) is 6.92 Å². The normalized spacial score (nSPS) is 18.4. The van der Waals surface area contributed by atoms with Crippen LogP contribution in [0.5, 0.6) is 5.75 Å². The molecule has 0 bridgehead atoms. The number of hydrogen-bond acceptors (Lipinski definition) is 4. The Kier molecular flexibility index (Phi) is 5.73. The zero-order valence-corrected chi connectivity index (χ0v) is 16.7. The lowest BCUT2D eigenvalue weighted by molar-refractivity contribution is -0.134. The Morgan fingerprint density at radius 3 is 2.53 bits per heavy atom. The van der Waals surface area contributed by atoms with Gasteiger partial charge in [0.2, 0.25) is 5.91 Å². The van der Waals surface area contributed by atoms with Gasteiger partial charge in [-0.05, 0) is 48.7 Å². The SMILES string of the molecule is CCC1(c2ccc(OC)c(C)c2)NC(=O)N(CC(=O)Nc2ccc(F)cc2F)C1=O. The lowest BCUT2D eigenvalue weighted by Crippen LogP contribution is -2.44. The molecule has 0 spiro atoms. The fourth-order valence-corrected chi connectivity index (χ4v) is 3.48. The largest absolute Gasteiger partial charge is 0.496 e. The minimum absolute atomic E-state index is 0.249. The Morgan fingerprint density at radius 2 is 1.93 bits per heavy atom. The van der Waals surface area contributed by atoms with Crippen molar-refractivity contribution in [3.05, 3.63) is 59.2 Å². The number of carbonyl (C=O) groups excluding carboxylic acids is 3. The van der Waals surface area contributed by atoms with Crippen LogP contribution in [0, 0.1) is 18.6 Å². The molecular formula is C21H21F2N3O4. The molecule has 3 rings (SSSR count). The smallest absolute Gasteiger partial charge is 0.325 e. The number of anilines is 1. The molecular weight excluding hydrogens is 396 g/mol. The number of amides is 4. The van der Waals surface area contributed by atoms with Gasteiger partial charge in [-0.15, -0.1) is 0 Å². The van der Waals surface area contributed by atoms with Gasteiger partial charge in [-0.2, -0.15) is 0 Å². The standard InChI is InChI=1S/C21H21F2N3O4/c1-4-21(13-5-8-17(30-3)12(2)9-13)19(28)26(20(29)25-21)11-18(27)24-16-7-6-14(22)10-15(16)23/h5-10H,4,11H2,1-3H3,(H,24,27)(H,25,29). The molecule has 1 saturated heterocycles. The van der Waals surface area contributed by atoms with Crippen LogP contribution in [0.4, 0.5) is 19.3 Å². The van der Waals surface area contributed by atoms with Crippen molar-refractivity contribution in [1.82, 2.24) is 10.2 Å². The molecule has 1 heterocycles. The van der Waals surface area contributed by atoms with E-state index in [2.05, 4.69) is 10.6 Å². The Morgan fingerprint density at radius 1 is 1.20 bits per heavy atom. The second kappa shape index (κ2) is 8.10. The van der Waals surface area contributed by atoms with E-state index in [4.69, 9.17) is 4.74 Å². The maximum Gasteiger partial charge on any atom is 0.325 e. The number of benzene rings is 2.